The fourth-order valence-electron chi connectivity index (χ4n) is 4.10. The monoisotopic (exact) mass is 621 g/mol. The second kappa shape index (κ2) is 12.1. The summed E-state index contributed by atoms with van der Waals surface area (Å²) in [6.07, 6.45) is 5.02. The summed E-state index contributed by atoms with van der Waals surface area (Å²) in [6.45, 7) is 1.59. The zero-order chi connectivity index (χ0) is 28.3. The average Bonchev–Trinajstić information content (AvgIpc) is 3.66. The molecule has 1 saturated carbocycles. The number of carboxylic acid groups (broad SMARTS) is 2. The topological polar surface area (TPSA) is 130 Å². The third-order valence-corrected chi connectivity index (χ3v) is 6.86. The molecule has 3 N–H and O–H groups in total. The zero-order valence-corrected chi connectivity index (χ0v) is 23.5. The number of hydrogen-bond donors (Lipinski definition) is 3. The van der Waals surface area contributed by atoms with Gasteiger partial charge in [-0.2, -0.15) is 5.10 Å². The summed E-state index contributed by atoms with van der Waals surface area (Å²) in [5.74, 6) is -2.72. The number of aromatic nitrogens is 3. The molecule has 5 rings (SSSR count). The van der Waals surface area contributed by atoms with Crippen LogP contribution in [0.1, 0.15) is 25.3 Å². The number of nitrogens with one attached hydrogen (secondary N) is 1. The Balaban J connectivity index is 0.000000531. The highest BCUT2D eigenvalue weighted by Gasteiger charge is 2.29. The second-order valence-corrected chi connectivity index (χ2v) is 10.5. The number of anilines is 2. The highest BCUT2D eigenvalue weighted by atomic mass is 79.9. The molecule has 0 unspecified atom stereocenters. The van der Waals surface area contributed by atoms with Gasteiger partial charge in [-0.05, 0) is 79.6 Å². The fraction of sp³-hybridized carbons (Fsp3) is 0.308. The molecule has 10 nitrogen and oxygen atoms in total. The van der Waals surface area contributed by atoms with Gasteiger partial charge in [-0.15, -0.1) is 5.10 Å². The first-order chi connectivity index (χ1) is 18.6. The van der Waals surface area contributed by atoms with Crippen molar-refractivity contribution in [2.24, 2.45) is 0 Å². The number of halogens is 3. The molecule has 0 radical (unpaired) electrons. The van der Waals surface area contributed by atoms with Crippen LogP contribution in [-0.2, 0) is 9.59 Å². The van der Waals surface area contributed by atoms with Crippen LogP contribution in [0.25, 0.3) is 21.8 Å². The minimum atomic E-state index is -1.82. The molecule has 206 valence electrons. The summed E-state index contributed by atoms with van der Waals surface area (Å²) >= 11 is 9.69. The van der Waals surface area contributed by atoms with Crippen molar-refractivity contribution >= 4 is 72.8 Å². The lowest BCUT2D eigenvalue weighted by atomic mass is 10.2. The Morgan fingerprint density at radius 3 is 2.54 bits per heavy atom. The second-order valence-electron chi connectivity index (χ2n) is 9.22. The van der Waals surface area contributed by atoms with Crippen LogP contribution in [-0.4, -0.2) is 69.1 Å². The lowest BCUT2D eigenvalue weighted by Crippen LogP contribution is -2.15. The van der Waals surface area contributed by atoms with Gasteiger partial charge in [0.25, 0.3) is 0 Å². The van der Waals surface area contributed by atoms with Crippen LogP contribution in [0.2, 0.25) is 5.02 Å². The Morgan fingerprint density at radius 2 is 1.92 bits per heavy atom. The summed E-state index contributed by atoms with van der Waals surface area (Å²) in [7, 11) is 4.11. The molecule has 4 aromatic rings. The van der Waals surface area contributed by atoms with E-state index in [9.17, 15) is 4.39 Å². The first-order valence-electron chi connectivity index (χ1n) is 12.0. The van der Waals surface area contributed by atoms with Gasteiger partial charge in [-0.3, -0.25) is 0 Å². The Hall–Kier alpha value is -3.48. The number of hydrogen-bond acceptors (Lipinski definition) is 7. The third kappa shape index (κ3) is 6.75. The molecule has 2 aromatic carbocycles. The lowest BCUT2D eigenvalue weighted by Gasteiger charge is -2.12. The number of carbonyl (C=O) groups is 2. The van der Waals surface area contributed by atoms with Crippen molar-refractivity contribution in [1.29, 1.82) is 0 Å². The van der Waals surface area contributed by atoms with Crippen molar-refractivity contribution in [3.63, 3.8) is 0 Å². The van der Waals surface area contributed by atoms with E-state index in [1.54, 1.807) is 12.1 Å². The summed E-state index contributed by atoms with van der Waals surface area (Å²) in [5.41, 5.74) is 2.76. The van der Waals surface area contributed by atoms with Crippen LogP contribution in [0.5, 0.6) is 5.75 Å². The van der Waals surface area contributed by atoms with E-state index in [2.05, 4.69) is 67.1 Å². The Bertz CT molecular complexity index is 1530. The highest BCUT2D eigenvalue weighted by molar-refractivity contribution is 9.10. The van der Waals surface area contributed by atoms with Crippen molar-refractivity contribution in [2.45, 2.75) is 25.3 Å². The summed E-state index contributed by atoms with van der Waals surface area (Å²) in [4.78, 5) is 20.3. The normalized spacial score (nSPS) is 12.9. The van der Waals surface area contributed by atoms with E-state index in [-0.39, 0.29) is 5.02 Å². The Morgan fingerprint density at radius 1 is 1.21 bits per heavy atom. The number of nitrogens with zero attached hydrogens (tertiary/aromatic N) is 4. The molecule has 0 amide bonds. The van der Waals surface area contributed by atoms with Crippen molar-refractivity contribution in [3.05, 3.63) is 51.8 Å². The molecule has 1 aliphatic rings. The van der Waals surface area contributed by atoms with Crippen LogP contribution in [0, 0.1) is 5.82 Å². The summed E-state index contributed by atoms with van der Waals surface area (Å²) in [5, 5.41) is 28.7. The van der Waals surface area contributed by atoms with Crippen LogP contribution in [0.3, 0.4) is 0 Å². The van der Waals surface area contributed by atoms with Crippen LogP contribution in [0.4, 0.5) is 15.9 Å². The largest absolute Gasteiger partial charge is 0.492 e. The number of ether oxygens (including phenoxy) is 1. The van der Waals surface area contributed by atoms with Crippen LogP contribution in [0.15, 0.2) is 41.0 Å². The number of benzene rings is 2. The SMILES string of the molecule is CN(C)CCCOc1cc2c3c(Nc4ccc(F)c(Cl)c4)nncc3n(C3CC3)c2cc1Br.O=C(O)C(=O)O. The maximum absolute atomic E-state index is 13.6. The predicted octanol–water partition coefficient (Wildman–Crippen LogP) is 5.70. The van der Waals surface area contributed by atoms with Gasteiger partial charge >= 0.3 is 11.9 Å². The predicted molar refractivity (Wildman–Crippen MR) is 150 cm³/mol. The molecule has 0 atom stereocenters. The van der Waals surface area contributed by atoms with Gasteiger partial charge in [0.1, 0.15) is 11.6 Å². The molecule has 1 fully saturated rings. The van der Waals surface area contributed by atoms with Crippen LogP contribution < -0.4 is 10.1 Å². The van der Waals surface area contributed by atoms with E-state index in [0.717, 1.165) is 57.8 Å². The van der Waals surface area contributed by atoms with E-state index in [4.69, 9.17) is 36.1 Å². The van der Waals surface area contributed by atoms with Gasteiger partial charge in [0.05, 0.1) is 38.7 Å². The molecule has 2 heterocycles. The zero-order valence-electron chi connectivity index (χ0n) is 21.1. The molecule has 0 saturated heterocycles. The number of rotatable bonds is 8. The number of aliphatic carboxylic acids is 2. The van der Waals surface area contributed by atoms with Crippen molar-refractivity contribution < 1.29 is 28.9 Å². The van der Waals surface area contributed by atoms with Crippen LogP contribution >= 0.6 is 27.5 Å². The summed E-state index contributed by atoms with van der Waals surface area (Å²) < 4.78 is 23.0. The average molecular weight is 623 g/mol. The molecule has 39 heavy (non-hydrogen) atoms. The minimum absolute atomic E-state index is 0.0536. The van der Waals surface area contributed by atoms with E-state index in [0.29, 0.717) is 24.2 Å². The van der Waals surface area contributed by atoms with Gasteiger partial charge in [-0.1, -0.05) is 11.6 Å². The highest BCUT2D eigenvalue weighted by Crippen LogP contribution is 2.46. The molecule has 13 heteroatoms. The molecular weight excluding hydrogens is 597 g/mol. The molecule has 0 bridgehead atoms. The molecule has 2 aromatic heterocycles. The van der Waals surface area contributed by atoms with Gasteiger partial charge in [0.2, 0.25) is 0 Å². The number of carboxylic acids is 2. The van der Waals surface area contributed by atoms with Crippen molar-refractivity contribution in [2.75, 3.05) is 32.6 Å². The van der Waals surface area contributed by atoms with Gasteiger partial charge in [0.15, 0.2) is 5.82 Å². The van der Waals surface area contributed by atoms with E-state index < -0.39 is 17.8 Å². The molecule has 0 spiro atoms. The number of fused-ring (bicyclic) bond motifs is 3. The van der Waals surface area contributed by atoms with Gasteiger partial charge in [0, 0.05) is 23.7 Å². The molecule has 0 aliphatic heterocycles. The standard InChI is InChI=1S/C24H24BrClFN5O.C2H2O4/c1-31(2)8-3-9-33-22-11-16-20(12-17(22)25)32(15-5-6-15)21-13-28-30-24(23(16)21)29-14-4-7-19(27)18(26)10-14;3-1(4)2(5)6/h4,7,10-13,15H,3,5-6,8-9H2,1-2H3,(H,29,30);(H,3,4)(H,5,6). The summed E-state index contributed by atoms with van der Waals surface area (Å²) in [6, 6.07) is 9.16. The quantitative estimate of drug-likeness (QED) is 0.167. The van der Waals surface area contributed by atoms with Crippen molar-refractivity contribution in [1.82, 2.24) is 19.7 Å². The van der Waals surface area contributed by atoms with Gasteiger partial charge < -0.3 is 29.7 Å². The molecule has 1 aliphatic carbocycles. The van der Waals surface area contributed by atoms with E-state index in [1.807, 2.05) is 6.20 Å². The van der Waals surface area contributed by atoms with Crippen molar-refractivity contribution in [3.8, 4) is 5.75 Å². The maximum Gasteiger partial charge on any atom is 0.414 e. The smallest absolute Gasteiger partial charge is 0.414 e. The van der Waals surface area contributed by atoms with Gasteiger partial charge in [-0.25, -0.2) is 14.0 Å². The third-order valence-electron chi connectivity index (χ3n) is 5.95. The first kappa shape index (κ1) is 28.5. The Labute approximate surface area is 236 Å². The minimum Gasteiger partial charge on any atom is -0.492 e. The van der Waals surface area contributed by atoms with E-state index in [1.165, 1.54) is 6.07 Å². The first-order valence-corrected chi connectivity index (χ1v) is 13.2. The fourth-order valence-corrected chi connectivity index (χ4v) is 4.72. The maximum atomic E-state index is 13.6. The lowest BCUT2D eigenvalue weighted by molar-refractivity contribution is -0.159. The van der Waals surface area contributed by atoms with E-state index >= 15 is 0 Å². The molecular formula is C26H26BrClFN5O5. The Kier molecular flexibility index (Phi) is 8.88.